The topological polar surface area (TPSA) is 115 Å². The molecule has 32 heavy (non-hydrogen) atoms. The van der Waals surface area contributed by atoms with Crippen molar-refractivity contribution in [2.24, 2.45) is 11.8 Å². The van der Waals surface area contributed by atoms with Gasteiger partial charge >= 0.3 is 12.5 Å². The Labute approximate surface area is 185 Å². The molecule has 9 nitrogen and oxygen atoms in total. The summed E-state index contributed by atoms with van der Waals surface area (Å²) in [6, 6.07) is 0.636. The number of halogens is 3. The van der Waals surface area contributed by atoms with Gasteiger partial charge in [0.15, 0.2) is 0 Å². The molecule has 3 fully saturated rings. The molecule has 0 unspecified atom stereocenters. The van der Waals surface area contributed by atoms with Gasteiger partial charge in [-0.05, 0) is 31.7 Å². The van der Waals surface area contributed by atoms with Crippen LogP contribution in [0.15, 0.2) is 0 Å². The van der Waals surface area contributed by atoms with Crippen molar-refractivity contribution in [2.45, 2.75) is 82.1 Å². The van der Waals surface area contributed by atoms with Crippen LogP contribution in [0.1, 0.15) is 25.7 Å². The molecule has 0 aromatic heterocycles. The van der Waals surface area contributed by atoms with Gasteiger partial charge in [0.1, 0.15) is 0 Å². The van der Waals surface area contributed by atoms with Gasteiger partial charge in [-0.15, -0.1) is 13.2 Å². The van der Waals surface area contributed by atoms with Crippen molar-refractivity contribution in [1.82, 2.24) is 16.2 Å². The Hall–Kier alpha value is -1.86. The molecule has 1 aliphatic carbocycles. The Bertz CT molecular complexity index is 726. The zero-order valence-corrected chi connectivity index (χ0v) is 19.3. The number of carbonyl (C=O) groups excluding carboxylic acids is 3. The molecule has 0 aromatic carbocycles. The number of hydrogen-bond acceptors (Lipinski definition) is 6. The molecule has 3 N–H and O–H groups in total. The fourth-order valence-electron chi connectivity index (χ4n) is 4.11. The van der Waals surface area contributed by atoms with Crippen molar-refractivity contribution in [2.75, 3.05) is 6.61 Å². The van der Waals surface area contributed by atoms with E-state index in [0.717, 1.165) is 6.04 Å². The van der Waals surface area contributed by atoms with Gasteiger partial charge in [-0.25, -0.2) is 4.79 Å². The molecule has 0 aromatic rings. The van der Waals surface area contributed by atoms with Crippen LogP contribution in [-0.4, -0.2) is 63.3 Å². The molecule has 0 radical (unpaired) electrons. The fraction of sp³-hybridized carbons (Fsp3) is 0.842. The number of ether oxygens (including phenoxy) is 3. The highest BCUT2D eigenvalue weighted by molar-refractivity contribution is 6.76. The quantitative estimate of drug-likeness (QED) is 0.379. The molecule has 2 aliphatic heterocycles. The van der Waals surface area contributed by atoms with E-state index in [4.69, 9.17) is 9.47 Å². The maximum absolute atomic E-state index is 12.4. The number of nitrogens with one attached hydrogen (secondary N) is 3. The van der Waals surface area contributed by atoms with E-state index in [1.54, 1.807) is 0 Å². The first-order valence-electron chi connectivity index (χ1n) is 10.7. The number of carbonyl (C=O) groups is 3. The van der Waals surface area contributed by atoms with E-state index in [1.807, 2.05) is 0 Å². The molecule has 2 saturated heterocycles. The third-order valence-electron chi connectivity index (χ3n) is 6.02. The minimum atomic E-state index is -4.72. The summed E-state index contributed by atoms with van der Waals surface area (Å²) in [6.07, 6.45) is -6.23. The SMILES string of the molecule is C[Si](C)(C)CCOC(=O)N[C@H]1C[C@H]2O[C@@H]1C[C@@H]2C(=O)NNC(=O)C1CC(OC(F)(F)F)C1. The predicted molar refractivity (Wildman–Crippen MR) is 108 cm³/mol. The highest BCUT2D eigenvalue weighted by atomic mass is 28.3. The summed E-state index contributed by atoms with van der Waals surface area (Å²) in [5, 5.41) is 2.79. The standard InChI is InChI=1S/C19H30F3N3O6Si/c1-32(2,3)5-4-29-18(28)23-13-9-14-12(8-15(13)30-14)17(27)25-24-16(26)10-6-11(7-10)31-19(20,21)22/h10-15H,4-9H2,1-3H3,(H,23,28)(H,24,26)(H,25,27)/t10?,11?,12-,13-,14+,15+/m0/s1. The maximum atomic E-state index is 12.4. The molecule has 182 valence electrons. The van der Waals surface area contributed by atoms with Crippen molar-refractivity contribution in [3.05, 3.63) is 0 Å². The van der Waals surface area contributed by atoms with E-state index in [-0.39, 0.29) is 25.0 Å². The van der Waals surface area contributed by atoms with Crippen molar-refractivity contribution in [3.8, 4) is 0 Å². The van der Waals surface area contributed by atoms with Gasteiger partial charge in [0.25, 0.3) is 0 Å². The predicted octanol–water partition coefficient (Wildman–Crippen LogP) is 2.06. The summed E-state index contributed by atoms with van der Waals surface area (Å²) in [5.74, 6) is -2.10. The Balaban J connectivity index is 1.33. The van der Waals surface area contributed by atoms with Crippen LogP contribution < -0.4 is 16.2 Å². The van der Waals surface area contributed by atoms with Crippen LogP contribution >= 0.6 is 0 Å². The van der Waals surface area contributed by atoms with Gasteiger partial charge in [0.05, 0.1) is 36.9 Å². The van der Waals surface area contributed by atoms with E-state index in [2.05, 4.69) is 40.5 Å². The zero-order chi connectivity index (χ0) is 23.7. The lowest BCUT2D eigenvalue weighted by molar-refractivity contribution is -0.353. The summed E-state index contributed by atoms with van der Waals surface area (Å²) in [4.78, 5) is 36.4. The molecule has 13 heteroatoms. The summed E-state index contributed by atoms with van der Waals surface area (Å²) in [7, 11) is -1.29. The highest BCUT2D eigenvalue weighted by Crippen LogP contribution is 2.39. The first-order chi connectivity index (χ1) is 14.8. The molecule has 1 saturated carbocycles. The Morgan fingerprint density at radius 1 is 1.00 bits per heavy atom. The lowest BCUT2D eigenvalue weighted by Crippen LogP contribution is -2.52. The number of alkyl carbamates (subject to hydrolysis) is 1. The molecule has 2 bridgehead atoms. The van der Waals surface area contributed by atoms with E-state index in [9.17, 15) is 27.6 Å². The van der Waals surface area contributed by atoms with Crippen molar-refractivity contribution < 1.29 is 41.8 Å². The van der Waals surface area contributed by atoms with Crippen LogP contribution in [0.2, 0.25) is 25.7 Å². The second kappa shape index (κ2) is 9.55. The van der Waals surface area contributed by atoms with Crippen LogP contribution in [0, 0.1) is 11.8 Å². The summed E-state index contributed by atoms with van der Waals surface area (Å²) < 4.78 is 51.2. The highest BCUT2D eigenvalue weighted by Gasteiger charge is 2.51. The number of rotatable bonds is 7. The van der Waals surface area contributed by atoms with Crippen molar-refractivity contribution >= 4 is 26.0 Å². The van der Waals surface area contributed by atoms with Crippen LogP contribution in [0.3, 0.4) is 0 Å². The number of alkyl halides is 3. The Morgan fingerprint density at radius 2 is 1.66 bits per heavy atom. The second-order valence-electron chi connectivity index (χ2n) is 9.82. The van der Waals surface area contributed by atoms with Crippen LogP contribution in [-0.2, 0) is 23.8 Å². The molecule has 3 aliphatic rings. The Kier molecular flexibility index (Phi) is 7.40. The monoisotopic (exact) mass is 481 g/mol. The molecule has 2 heterocycles. The maximum Gasteiger partial charge on any atom is 0.522 e. The molecule has 3 rings (SSSR count). The third-order valence-corrected chi connectivity index (χ3v) is 7.72. The van der Waals surface area contributed by atoms with Gasteiger partial charge in [0.2, 0.25) is 11.8 Å². The fourth-order valence-corrected chi connectivity index (χ4v) is 4.83. The van der Waals surface area contributed by atoms with Gasteiger partial charge in [0, 0.05) is 14.0 Å². The third kappa shape index (κ3) is 6.82. The van der Waals surface area contributed by atoms with Gasteiger partial charge < -0.3 is 14.8 Å². The average Bonchev–Trinajstić information content (AvgIpc) is 3.20. The summed E-state index contributed by atoms with van der Waals surface area (Å²) in [5.41, 5.74) is 4.59. The smallest absolute Gasteiger partial charge is 0.450 e. The minimum absolute atomic E-state index is 0.0557. The average molecular weight is 482 g/mol. The van der Waals surface area contributed by atoms with Gasteiger partial charge in [-0.1, -0.05) is 19.6 Å². The van der Waals surface area contributed by atoms with E-state index < -0.39 is 56.4 Å². The van der Waals surface area contributed by atoms with Crippen molar-refractivity contribution in [3.63, 3.8) is 0 Å². The van der Waals surface area contributed by atoms with E-state index in [1.165, 1.54) is 0 Å². The molecular formula is C19H30F3N3O6Si. The van der Waals surface area contributed by atoms with Crippen LogP contribution in [0.5, 0.6) is 0 Å². The van der Waals surface area contributed by atoms with Crippen molar-refractivity contribution in [1.29, 1.82) is 0 Å². The number of hydrogen-bond donors (Lipinski definition) is 3. The molecule has 0 spiro atoms. The van der Waals surface area contributed by atoms with E-state index >= 15 is 0 Å². The normalized spacial score (nSPS) is 31.6. The number of hydrazine groups is 1. The van der Waals surface area contributed by atoms with Crippen LogP contribution in [0.25, 0.3) is 0 Å². The second-order valence-corrected chi connectivity index (χ2v) is 15.4. The molecule has 3 amide bonds. The molecular weight excluding hydrogens is 451 g/mol. The first-order valence-corrected chi connectivity index (χ1v) is 14.4. The minimum Gasteiger partial charge on any atom is -0.450 e. The summed E-state index contributed by atoms with van der Waals surface area (Å²) in [6.45, 7) is 6.95. The first kappa shape index (κ1) is 24.8. The van der Waals surface area contributed by atoms with Crippen LogP contribution in [0.4, 0.5) is 18.0 Å². The largest absolute Gasteiger partial charge is 0.522 e. The lowest BCUT2D eigenvalue weighted by atomic mass is 9.82. The van der Waals surface area contributed by atoms with E-state index in [0.29, 0.717) is 19.4 Å². The lowest BCUT2D eigenvalue weighted by Gasteiger charge is -2.34. The van der Waals surface area contributed by atoms with Gasteiger partial charge in [-0.3, -0.25) is 25.2 Å². The van der Waals surface area contributed by atoms with Gasteiger partial charge in [-0.2, -0.15) is 0 Å². The number of fused-ring (bicyclic) bond motifs is 2. The number of amides is 3. The molecule has 4 atom stereocenters. The Morgan fingerprint density at radius 3 is 2.22 bits per heavy atom. The zero-order valence-electron chi connectivity index (χ0n) is 18.3. The summed E-state index contributed by atoms with van der Waals surface area (Å²) >= 11 is 0.